The molecule has 1 heterocycles. The van der Waals surface area contributed by atoms with E-state index in [1.54, 1.807) is 11.1 Å². The number of hydrogen-bond acceptors (Lipinski definition) is 7. The Labute approximate surface area is 311 Å². The lowest BCUT2D eigenvalue weighted by molar-refractivity contribution is -0.135. The number of aryl methyl sites for hydroxylation is 1. The molecular weight excluding hydrogens is 667 g/mol. The highest BCUT2D eigenvalue weighted by Crippen LogP contribution is 2.23. The number of aromatic amines is 1. The number of nitrogens with zero attached hydrogens (tertiary/aromatic N) is 2. The molecule has 5 N–H and O–H groups in total. The Bertz CT molecular complexity index is 1880. The van der Waals surface area contributed by atoms with Gasteiger partial charge in [0.1, 0.15) is 12.7 Å². The predicted molar refractivity (Wildman–Crippen MR) is 207 cm³/mol. The number of carbonyl (C=O) groups excluding carboxylic acids is 3. The molecule has 5 rings (SSSR count). The van der Waals surface area contributed by atoms with Crippen LogP contribution in [0.2, 0.25) is 0 Å². The van der Waals surface area contributed by atoms with Crippen molar-refractivity contribution in [3.63, 3.8) is 0 Å². The van der Waals surface area contributed by atoms with Gasteiger partial charge in [-0.25, -0.2) is 9.78 Å². The molecule has 4 aromatic carbocycles. The van der Waals surface area contributed by atoms with Crippen LogP contribution in [0.3, 0.4) is 0 Å². The van der Waals surface area contributed by atoms with Crippen LogP contribution in [0.15, 0.2) is 116 Å². The Morgan fingerprint density at radius 3 is 2.26 bits per heavy atom. The lowest BCUT2D eigenvalue weighted by Gasteiger charge is -2.30. The number of aliphatic hydroxyl groups excluding tert-OH is 1. The van der Waals surface area contributed by atoms with Gasteiger partial charge in [0.2, 0.25) is 5.91 Å². The van der Waals surface area contributed by atoms with Crippen LogP contribution in [0.5, 0.6) is 0 Å². The summed E-state index contributed by atoms with van der Waals surface area (Å²) in [6.45, 7) is 4.41. The third-order valence-corrected chi connectivity index (χ3v) is 9.43. The van der Waals surface area contributed by atoms with Crippen molar-refractivity contribution in [1.82, 2.24) is 20.2 Å². The van der Waals surface area contributed by atoms with Gasteiger partial charge in [-0.15, -0.1) is 0 Å². The van der Waals surface area contributed by atoms with Gasteiger partial charge in [-0.05, 0) is 59.1 Å². The Morgan fingerprint density at radius 2 is 1.57 bits per heavy atom. The smallest absolute Gasteiger partial charge is 0.410 e. The first-order chi connectivity index (χ1) is 25.7. The van der Waals surface area contributed by atoms with Crippen molar-refractivity contribution in [3.8, 4) is 0 Å². The molecule has 0 aliphatic heterocycles. The maximum atomic E-state index is 14.5. The number of imidazole rings is 1. The van der Waals surface area contributed by atoms with Gasteiger partial charge in [-0.1, -0.05) is 117 Å². The summed E-state index contributed by atoms with van der Waals surface area (Å²) in [7, 11) is 0. The summed E-state index contributed by atoms with van der Waals surface area (Å²) in [6, 6.07) is 31.6. The number of H-pyrrole nitrogens is 1. The number of Topliss-reactive ketones (excluding diaryl/α,β-unsaturated/α-hetero) is 1. The molecule has 5 aromatic rings. The second-order valence-electron chi connectivity index (χ2n) is 14.1. The van der Waals surface area contributed by atoms with Gasteiger partial charge in [0.05, 0.1) is 18.3 Å². The van der Waals surface area contributed by atoms with E-state index < -0.39 is 41.9 Å². The third kappa shape index (κ3) is 11.6. The maximum Gasteiger partial charge on any atom is 0.410 e. The van der Waals surface area contributed by atoms with E-state index >= 15 is 0 Å². The zero-order valence-corrected chi connectivity index (χ0v) is 30.6. The van der Waals surface area contributed by atoms with Crippen molar-refractivity contribution in [2.45, 2.75) is 70.7 Å². The van der Waals surface area contributed by atoms with Crippen molar-refractivity contribution in [2.24, 2.45) is 17.6 Å². The maximum absolute atomic E-state index is 14.5. The fraction of sp³-hybridized carbons (Fsp3) is 0.349. The van der Waals surface area contributed by atoms with E-state index in [0.717, 1.165) is 33.9 Å². The minimum absolute atomic E-state index is 0.0271. The molecule has 4 atom stereocenters. The molecule has 10 heteroatoms. The molecule has 278 valence electrons. The summed E-state index contributed by atoms with van der Waals surface area (Å²) in [5.41, 5.74) is 9.93. The molecule has 2 unspecified atom stereocenters. The van der Waals surface area contributed by atoms with E-state index in [4.69, 9.17) is 10.5 Å². The number of nitrogens with one attached hydrogen (secondary N) is 2. The van der Waals surface area contributed by atoms with Crippen molar-refractivity contribution in [1.29, 1.82) is 0 Å². The van der Waals surface area contributed by atoms with Crippen LogP contribution < -0.4 is 11.1 Å². The molecule has 53 heavy (non-hydrogen) atoms. The van der Waals surface area contributed by atoms with Crippen LogP contribution in [0.25, 0.3) is 10.8 Å². The molecule has 0 fully saturated rings. The van der Waals surface area contributed by atoms with Gasteiger partial charge in [0.15, 0.2) is 5.78 Å². The largest absolute Gasteiger partial charge is 0.445 e. The monoisotopic (exact) mass is 717 g/mol. The fourth-order valence-corrected chi connectivity index (χ4v) is 6.61. The number of amides is 2. The highest BCUT2D eigenvalue weighted by Gasteiger charge is 2.34. The van der Waals surface area contributed by atoms with Crippen LogP contribution in [0.1, 0.15) is 49.1 Å². The summed E-state index contributed by atoms with van der Waals surface area (Å²) in [5.74, 6) is -1.67. The second-order valence-corrected chi connectivity index (χ2v) is 14.1. The predicted octanol–water partition coefficient (Wildman–Crippen LogP) is 6.02. The number of rotatable bonds is 19. The number of hydrogen-bond donors (Lipinski definition) is 4. The Kier molecular flexibility index (Phi) is 14.3. The van der Waals surface area contributed by atoms with Crippen molar-refractivity contribution in [3.05, 3.63) is 138 Å². The van der Waals surface area contributed by atoms with Gasteiger partial charge in [0, 0.05) is 37.4 Å². The molecule has 0 radical (unpaired) electrons. The first kappa shape index (κ1) is 38.9. The Hall–Kier alpha value is -5.32. The van der Waals surface area contributed by atoms with Gasteiger partial charge >= 0.3 is 6.09 Å². The van der Waals surface area contributed by atoms with E-state index in [2.05, 4.69) is 27.4 Å². The first-order valence-corrected chi connectivity index (χ1v) is 18.4. The number of aromatic nitrogens is 2. The number of ether oxygens (including phenoxy) is 1. The minimum Gasteiger partial charge on any atom is -0.445 e. The zero-order chi connectivity index (χ0) is 37.6. The zero-order valence-electron chi connectivity index (χ0n) is 30.6. The number of nitrogens with two attached hydrogens (primary N) is 1. The van der Waals surface area contributed by atoms with E-state index in [0.29, 0.717) is 31.5 Å². The lowest BCUT2D eigenvalue weighted by atomic mass is 9.90. The van der Waals surface area contributed by atoms with Crippen LogP contribution in [0.4, 0.5) is 4.79 Å². The fourth-order valence-electron chi connectivity index (χ4n) is 6.61. The molecular formula is C43H51N5O5. The first-order valence-electron chi connectivity index (χ1n) is 18.4. The van der Waals surface area contributed by atoms with Crippen LogP contribution in [0, 0.1) is 11.8 Å². The van der Waals surface area contributed by atoms with Crippen LogP contribution in [-0.2, 0) is 40.2 Å². The van der Waals surface area contributed by atoms with Gasteiger partial charge in [0.25, 0.3) is 0 Å². The molecule has 1 aromatic heterocycles. The average Bonchev–Trinajstić information content (AvgIpc) is 3.69. The minimum atomic E-state index is -1.51. The van der Waals surface area contributed by atoms with E-state index in [1.165, 1.54) is 6.33 Å². The summed E-state index contributed by atoms with van der Waals surface area (Å²) >= 11 is 0. The molecule has 0 saturated carbocycles. The SMILES string of the molecule is CC(C)C[C@H](NC(=O)C(Cc1cccc2ccccc12)CN(CCCc1ccccc1)C(=O)OCc1ccccc1)C(=O)C(O)[C@@H](N)Cc1cnc[nH]1. The highest BCUT2D eigenvalue weighted by molar-refractivity contribution is 5.93. The summed E-state index contributed by atoms with van der Waals surface area (Å²) in [5, 5.41) is 16.1. The number of aliphatic hydroxyl groups is 1. The third-order valence-electron chi connectivity index (χ3n) is 9.43. The van der Waals surface area contributed by atoms with Crippen LogP contribution in [-0.4, -0.2) is 69.0 Å². The lowest BCUT2D eigenvalue weighted by Crippen LogP contribution is -2.54. The van der Waals surface area contributed by atoms with Crippen molar-refractivity contribution in [2.75, 3.05) is 13.1 Å². The van der Waals surface area contributed by atoms with Crippen LogP contribution >= 0.6 is 0 Å². The molecule has 10 nitrogen and oxygen atoms in total. The average molecular weight is 718 g/mol. The number of ketones is 1. The summed E-state index contributed by atoms with van der Waals surface area (Å²) < 4.78 is 5.81. The number of benzene rings is 4. The standard InChI is InChI=1S/C43H51N5O5/c1-30(2)23-39(41(50)40(49)38(44)25-36-26-45-29-46-36)47-42(51)35(24-34-20-11-19-33-18-9-10-21-37(33)34)27-48(22-12-17-31-13-5-3-6-14-31)43(52)53-28-32-15-7-4-8-16-32/h3-11,13-16,18-21,26,29-30,35,38-40,49H,12,17,22-25,27-28,44H2,1-2H3,(H,45,46)(H,47,51)/t35?,38-,39-,40?/m0/s1. The van der Waals surface area contributed by atoms with E-state index in [9.17, 15) is 19.5 Å². The molecule has 0 spiro atoms. The van der Waals surface area contributed by atoms with Crippen molar-refractivity contribution >= 4 is 28.6 Å². The molecule has 0 saturated heterocycles. The van der Waals surface area contributed by atoms with Crippen molar-refractivity contribution < 1.29 is 24.2 Å². The van der Waals surface area contributed by atoms with Gasteiger partial charge < -0.3 is 30.8 Å². The highest BCUT2D eigenvalue weighted by atomic mass is 16.6. The molecule has 0 bridgehead atoms. The molecule has 0 aliphatic rings. The molecule has 2 amide bonds. The normalized spacial score (nSPS) is 13.6. The molecule has 0 aliphatic carbocycles. The second kappa shape index (κ2) is 19.5. The summed E-state index contributed by atoms with van der Waals surface area (Å²) in [4.78, 5) is 50.7. The van der Waals surface area contributed by atoms with Gasteiger partial charge in [-0.3, -0.25) is 9.59 Å². The topological polar surface area (TPSA) is 151 Å². The Balaban J connectivity index is 1.41. The Morgan fingerprint density at radius 1 is 0.887 bits per heavy atom. The van der Waals surface area contributed by atoms with Gasteiger partial charge in [-0.2, -0.15) is 0 Å². The number of carbonyl (C=O) groups is 3. The van der Waals surface area contributed by atoms with E-state index in [-0.39, 0.29) is 25.5 Å². The summed E-state index contributed by atoms with van der Waals surface area (Å²) in [6.07, 6.45) is 3.29. The quantitative estimate of drug-likeness (QED) is 0.0816. The van der Waals surface area contributed by atoms with E-state index in [1.807, 2.05) is 105 Å². The number of fused-ring (bicyclic) bond motifs is 1.